The van der Waals surface area contributed by atoms with Gasteiger partial charge in [0.15, 0.2) is 0 Å². The van der Waals surface area contributed by atoms with Crippen LogP contribution in [0.2, 0.25) is 0 Å². The van der Waals surface area contributed by atoms with Crippen molar-refractivity contribution < 1.29 is 22.9 Å². The van der Waals surface area contributed by atoms with Crippen molar-refractivity contribution in [1.82, 2.24) is 5.32 Å². The van der Waals surface area contributed by atoms with Crippen LogP contribution in [-0.4, -0.2) is 41.9 Å². The molecular weight excluding hydrogens is 594 g/mol. The summed E-state index contributed by atoms with van der Waals surface area (Å²) in [7, 11) is -4.34. The van der Waals surface area contributed by atoms with Crippen LogP contribution in [0.1, 0.15) is 200 Å². The van der Waals surface area contributed by atoms with E-state index in [4.69, 9.17) is 0 Å². The van der Waals surface area contributed by atoms with E-state index < -0.39 is 28.0 Å². The van der Waals surface area contributed by atoms with Gasteiger partial charge in [-0.15, -0.1) is 0 Å². The second-order valence-electron chi connectivity index (χ2n) is 13.6. The van der Waals surface area contributed by atoms with Crippen molar-refractivity contribution in [3.8, 4) is 0 Å². The third kappa shape index (κ3) is 34.2. The average Bonchev–Trinajstić information content (AvgIpc) is 3.01. The second-order valence-corrected chi connectivity index (χ2v) is 15.1. The number of amides is 1. The van der Waals surface area contributed by atoms with E-state index in [1.165, 1.54) is 122 Å². The summed E-state index contributed by atoms with van der Waals surface area (Å²) in [4.78, 5) is 12.5. The van der Waals surface area contributed by atoms with Crippen LogP contribution in [0.5, 0.6) is 0 Å². The number of hydrogen-bond donors (Lipinski definition) is 3. The molecule has 7 heteroatoms. The normalized spacial score (nSPS) is 13.6. The van der Waals surface area contributed by atoms with Gasteiger partial charge in [-0.25, -0.2) is 0 Å². The molecule has 0 saturated heterocycles. The Kier molecular flexibility index (Phi) is 32.8. The molecule has 0 heterocycles. The van der Waals surface area contributed by atoms with Gasteiger partial charge in [-0.1, -0.05) is 173 Å². The summed E-state index contributed by atoms with van der Waals surface area (Å²) >= 11 is 0. The van der Waals surface area contributed by atoms with E-state index in [-0.39, 0.29) is 12.3 Å². The van der Waals surface area contributed by atoms with Crippen molar-refractivity contribution in [3.05, 3.63) is 24.3 Å². The SMILES string of the molecule is CCCCCC/C=C\CCCCCCCC(=O)NC(CS(=O)(=O)O)C(O)/C=C/CCCCCCCCCCCCCCCCCC. The van der Waals surface area contributed by atoms with Gasteiger partial charge in [-0.3, -0.25) is 9.35 Å². The van der Waals surface area contributed by atoms with Crippen molar-refractivity contribution in [3.63, 3.8) is 0 Å². The number of unbranched alkanes of at least 4 members (excludes halogenated alkanes) is 25. The molecule has 0 rings (SSSR count). The number of nitrogens with one attached hydrogen (secondary N) is 1. The maximum absolute atomic E-state index is 12.5. The Labute approximate surface area is 285 Å². The summed E-state index contributed by atoms with van der Waals surface area (Å²) in [6.45, 7) is 4.50. The smallest absolute Gasteiger partial charge is 0.267 e. The lowest BCUT2D eigenvalue weighted by Gasteiger charge is -2.21. The summed E-state index contributed by atoms with van der Waals surface area (Å²) in [5.74, 6) is -0.986. The van der Waals surface area contributed by atoms with E-state index in [0.29, 0.717) is 0 Å². The topological polar surface area (TPSA) is 104 Å². The van der Waals surface area contributed by atoms with Crippen LogP contribution in [0.15, 0.2) is 24.3 Å². The highest BCUT2D eigenvalue weighted by molar-refractivity contribution is 7.85. The predicted molar refractivity (Wildman–Crippen MR) is 198 cm³/mol. The third-order valence-electron chi connectivity index (χ3n) is 8.87. The molecule has 3 N–H and O–H groups in total. The number of allylic oxidation sites excluding steroid dienone is 3. The summed E-state index contributed by atoms with van der Waals surface area (Å²) < 4.78 is 32.4. The monoisotopic (exact) mass is 670 g/mol. The minimum Gasteiger partial charge on any atom is -0.387 e. The van der Waals surface area contributed by atoms with E-state index in [0.717, 1.165) is 57.8 Å². The number of hydrogen-bond acceptors (Lipinski definition) is 4. The summed E-state index contributed by atoms with van der Waals surface area (Å²) in [6, 6.07) is -1.06. The summed E-state index contributed by atoms with van der Waals surface area (Å²) in [6.07, 6.45) is 41.6. The van der Waals surface area contributed by atoms with Crippen molar-refractivity contribution in [2.75, 3.05) is 5.75 Å². The minimum absolute atomic E-state index is 0.287. The van der Waals surface area contributed by atoms with Crippen LogP contribution in [0.3, 0.4) is 0 Å². The molecule has 272 valence electrons. The fourth-order valence-corrected chi connectivity index (χ4v) is 6.65. The Bertz CT molecular complexity index is 826. The lowest BCUT2D eigenvalue weighted by molar-refractivity contribution is -0.122. The molecule has 0 aliphatic carbocycles. The number of aliphatic hydroxyl groups is 1. The maximum Gasteiger partial charge on any atom is 0.267 e. The molecule has 0 aromatic carbocycles. The molecule has 0 fully saturated rings. The lowest BCUT2D eigenvalue weighted by atomic mass is 10.0. The van der Waals surface area contributed by atoms with Crippen LogP contribution in [0.4, 0.5) is 0 Å². The van der Waals surface area contributed by atoms with E-state index in [2.05, 4.69) is 31.3 Å². The number of carbonyl (C=O) groups excluding carboxylic acids is 1. The predicted octanol–water partition coefficient (Wildman–Crippen LogP) is 11.2. The second kappa shape index (κ2) is 33.7. The first kappa shape index (κ1) is 44.8. The van der Waals surface area contributed by atoms with Crippen LogP contribution in [0.25, 0.3) is 0 Å². The number of rotatable bonds is 35. The van der Waals surface area contributed by atoms with Crippen molar-refractivity contribution >= 4 is 16.0 Å². The number of carbonyl (C=O) groups is 1. The molecule has 46 heavy (non-hydrogen) atoms. The third-order valence-corrected chi connectivity index (χ3v) is 9.65. The quantitative estimate of drug-likeness (QED) is 0.0354. The molecule has 0 aliphatic rings. The first-order valence-electron chi connectivity index (χ1n) is 19.5. The van der Waals surface area contributed by atoms with Gasteiger partial charge in [-0.05, 0) is 44.9 Å². The molecule has 0 aromatic rings. The van der Waals surface area contributed by atoms with Gasteiger partial charge < -0.3 is 10.4 Å². The first-order chi connectivity index (χ1) is 22.3. The lowest BCUT2D eigenvalue weighted by Crippen LogP contribution is -2.46. The van der Waals surface area contributed by atoms with Gasteiger partial charge in [0.2, 0.25) is 5.91 Å². The van der Waals surface area contributed by atoms with E-state index in [1.54, 1.807) is 6.08 Å². The van der Waals surface area contributed by atoms with Crippen LogP contribution >= 0.6 is 0 Å². The van der Waals surface area contributed by atoms with Crippen LogP contribution < -0.4 is 5.32 Å². The van der Waals surface area contributed by atoms with Crippen molar-refractivity contribution in [1.29, 1.82) is 0 Å². The molecule has 0 bridgehead atoms. The molecule has 2 atom stereocenters. The van der Waals surface area contributed by atoms with Crippen LogP contribution in [0, 0.1) is 0 Å². The molecule has 0 aromatic heterocycles. The van der Waals surface area contributed by atoms with Gasteiger partial charge in [0, 0.05) is 6.42 Å². The maximum atomic E-state index is 12.5. The van der Waals surface area contributed by atoms with Crippen LogP contribution in [-0.2, 0) is 14.9 Å². The molecule has 1 amide bonds. The Hall–Kier alpha value is -1.18. The fraction of sp³-hybridized carbons (Fsp3) is 0.872. The van der Waals surface area contributed by atoms with Gasteiger partial charge >= 0.3 is 0 Å². The molecule has 6 nitrogen and oxygen atoms in total. The minimum atomic E-state index is -4.34. The van der Waals surface area contributed by atoms with Gasteiger partial charge in [0.1, 0.15) is 0 Å². The molecule has 0 radical (unpaired) electrons. The zero-order valence-electron chi connectivity index (χ0n) is 30.2. The van der Waals surface area contributed by atoms with Crippen molar-refractivity contribution in [2.24, 2.45) is 0 Å². The standard InChI is InChI=1S/C39H75NO5S/c1-3-5-7-9-11-13-15-17-18-19-20-21-23-24-26-28-30-32-34-38(41)37(36-46(43,44)45)40-39(42)35-33-31-29-27-25-22-16-14-12-10-8-6-4-2/h14,16,32,34,37-38,41H,3-13,15,17-31,33,35-36H2,1-2H3,(H,40,42)(H,43,44,45)/b16-14-,34-32+. The Morgan fingerprint density at radius 3 is 1.33 bits per heavy atom. The largest absolute Gasteiger partial charge is 0.387 e. The molecular formula is C39H75NO5S. The zero-order chi connectivity index (χ0) is 34.0. The Morgan fingerprint density at radius 2 is 0.913 bits per heavy atom. The zero-order valence-corrected chi connectivity index (χ0v) is 31.0. The van der Waals surface area contributed by atoms with Gasteiger partial charge in [0.05, 0.1) is 17.9 Å². The van der Waals surface area contributed by atoms with Gasteiger partial charge in [0.25, 0.3) is 10.1 Å². The Balaban J connectivity index is 3.94. The first-order valence-corrected chi connectivity index (χ1v) is 21.1. The summed E-state index contributed by atoms with van der Waals surface area (Å²) in [5.41, 5.74) is 0. The van der Waals surface area contributed by atoms with Crippen molar-refractivity contribution in [2.45, 2.75) is 212 Å². The summed E-state index contributed by atoms with van der Waals surface area (Å²) in [5, 5.41) is 13.2. The Morgan fingerprint density at radius 1 is 0.565 bits per heavy atom. The van der Waals surface area contributed by atoms with Gasteiger partial charge in [-0.2, -0.15) is 8.42 Å². The molecule has 2 unspecified atom stereocenters. The average molecular weight is 670 g/mol. The molecule has 0 spiro atoms. The highest BCUT2D eigenvalue weighted by Gasteiger charge is 2.24. The fourth-order valence-electron chi connectivity index (χ4n) is 5.91. The highest BCUT2D eigenvalue weighted by atomic mass is 32.2. The number of aliphatic hydroxyl groups excluding tert-OH is 1. The van der Waals surface area contributed by atoms with E-state index in [1.807, 2.05) is 6.08 Å². The van der Waals surface area contributed by atoms with E-state index >= 15 is 0 Å². The molecule has 0 saturated carbocycles. The van der Waals surface area contributed by atoms with E-state index in [9.17, 15) is 22.9 Å². The molecule has 0 aliphatic heterocycles. The highest BCUT2D eigenvalue weighted by Crippen LogP contribution is 2.15.